The average Bonchev–Trinajstić information content (AvgIpc) is 3.42. The number of pyridine rings is 1. The van der Waals surface area contributed by atoms with E-state index in [0.717, 1.165) is 23.4 Å². The molecule has 4 heterocycles. The number of hydrogen-bond acceptors (Lipinski definition) is 4. The van der Waals surface area contributed by atoms with E-state index in [1.165, 1.54) is 16.8 Å². The van der Waals surface area contributed by atoms with Crippen LogP contribution in [0.1, 0.15) is 40.0 Å². The van der Waals surface area contributed by atoms with Crippen molar-refractivity contribution < 1.29 is 22.8 Å². The van der Waals surface area contributed by atoms with E-state index in [9.17, 15) is 22.8 Å². The van der Waals surface area contributed by atoms with Crippen LogP contribution in [-0.2, 0) is 16.4 Å². The number of para-hydroxylation sites is 1. The first-order valence-corrected chi connectivity index (χ1v) is 12.6. The minimum atomic E-state index is -4.46. The summed E-state index contributed by atoms with van der Waals surface area (Å²) in [6.45, 7) is 2.51. The zero-order valence-electron chi connectivity index (χ0n) is 21.0. The van der Waals surface area contributed by atoms with E-state index < -0.39 is 17.2 Å². The van der Waals surface area contributed by atoms with E-state index in [2.05, 4.69) is 15.4 Å². The first kappa shape index (κ1) is 24.8. The number of nitrogens with zero attached hydrogens (tertiary/aromatic N) is 4. The molecule has 198 valence electrons. The number of fused-ring (bicyclic) bond motifs is 2. The highest BCUT2D eigenvalue weighted by atomic mass is 19.4. The molecule has 39 heavy (non-hydrogen) atoms. The summed E-state index contributed by atoms with van der Waals surface area (Å²) in [4.78, 5) is 32.6. The summed E-state index contributed by atoms with van der Waals surface area (Å²) in [7, 11) is 0. The van der Waals surface area contributed by atoms with Crippen LogP contribution in [0.15, 0.2) is 73.1 Å². The Morgan fingerprint density at radius 1 is 1.00 bits per heavy atom. The zero-order valence-corrected chi connectivity index (χ0v) is 21.0. The maximum absolute atomic E-state index is 13.7. The molecule has 0 aliphatic carbocycles. The van der Waals surface area contributed by atoms with E-state index >= 15 is 0 Å². The number of aromatic nitrogens is 3. The molecule has 1 spiro atoms. The third-order valence-corrected chi connectivity index (χ3v) is 7.73. The molecule has 2 aliphatic heterocycles. The highest BCUT2D eigenvalue weighted by Crippen LogP contribution is 2.45. The first-order valence-electron chi connectivity index (χ1n) is 12.6. The molecule has 1 saturated heterocycles. The van der Waals surface area contributed by atoms with E-state index in [4.69, 9.17) is 0 Å². The number of carbonyl (C=O) groups excluding carboxylic acids is 2. The summed E-state index contributed by atoms with van der Waals surface area (Å²) in [6, 6.07) is 15.9. The monoisotopic (exact) mass is 531 g/mol. The van der Waals surface area contributed by atoms with Crippen LogP contribution in [0, 0.1) is 6.92 Å². The predicted molar refractivity (Wildman–Crippen MR) is 138 cm³/mol. The van der Waals surface area contributed by atoms with Crippen molar-refractivity contribution in [3.05, 3.63) is 95.4 Å². The highest BCUT2D eigenvalue weighted by Gasteiger charge is 2.49. The van der Waals surface area contributed by atoms with E-state index in [0.29, 0.717) is 48.4 Å². The maximum Gasteiger partial charge on any atom is 0.416 e. The number of carbonyl (C=O) groups is 2. The molecule has 0 bridgehead atoms. The molecular weight excluding hydrogens is 507 g/mol. The third-order valence-electron chi connectivity index (χ3n) is 7.73. The minimum Gasteiger partial charge on any atom is -0.337 e. The normalized spacial score (nSPS) is 16.3. The van der Waals surface area contributed by atoms with E-state index in [1.807, 2.05) is 30.3 Å². The van der Waals surface area contributed by atoms with Gasteiger partial charge in [-0.2, -0.15) is 18.3 Å². The molecule has 2 aromatic carbocycles. The number of rotatable bonds is 3. The molecule has 4 aromatic rings. The molecule has 1 N–H and O–H groups in total. The number of likely N-dealkylation sites (tertiary alicyclic amines) is 1. The Labute approximate surface area is 222 Å². The molecule has 10 heteroatoms. The Morgan fingerprint density at radius 2 is 1.72 bits per heavy atom. The second-order valence-corrected chi connectivity index (χ2v) is 9.89. The molecule has 6 rings (SSSR count). The smallest absolute Gasteiger partial charge is 0.337 e. The van der Waals surface area contributed by atoms with Crippen LogP contribution in [0.4, 0.5) is 18.9 Å². The van der Waals surface area contributed by atoms with Gasteiger partial charge in [-0.1, -0.05) is 18.2 Å². The first-order chi connectivity index (χ1) is 18.7. The molecular formula is C29H24F3N5O2. The van der Waals surface area contributed by atoms with Gasteiger partial charge in [-0.15, -0.1) is 0 Å². The van der Waals surface area contributed by atoms with Gasteiger partial charge in [0.1, 0.15) is 0 Å². The molecule has 2 amide bonds. The number of piperidine rings is 1. The van der Waals surface area contributed by atoms with E-state index in [-0.39, 0.29) is 17.5 Å². The summed E-state index contributed by atoms with van der Waals surface area (Å²) in [5.41, 5.74) is 2.79. The van der Waals surface area contributed by atoms with Gasteiger partial charge in [0.2, 0.25) is 5.91 Å². The Bertz CT molecular complexity index is 1570. The number of nitrogens with one attached hydrogen (secondary N) is 1. The van der Waals surface area contributed by atoms with Gasteiger partial charge in [0.15, 0.2) is 5.69 Å². The summed E-state index contributed by atoms with van der Waals surface area (Å²) < 4.78 is 41.0. The Balaban J connectivity index is 1.33. The number of halogens is 3. The number of benzene rings is 2. The van der Waals surface area contributed by atoms with Crippen LogP contribution < -0.4 is 5.32 Å². The van der Waals surface area contributed by atoms with Gasteiger partial charge in [-0.3, -0.25) is 14.6 Å². The number of amides is 2. The van der Waals surface area contributed by atoms with Crippen molar-refractivity contribution >= 4 is 17.5 Å². The largest absolute Gasteiger partial charge is 0.416 e. The molecule has 0 atom stereocenters. The summed E-state index contributed by atoms with van der Waals surface area (Å²) in [6.07, 6.45) is -0.260. The predicted octanol–water partition coefficient (Wildman–Crippen LogP) is 5.39. The third kappa shape index (κ3) is 4.07. The highest BCUT2D eigenvalue weighted by molar-refractivity contribution is 6.06. The van der Waals surface area contributed by atoms with Gasteiger partial charge in [0.05, 0.1) is 22.4 Å². The van der Waals surface area contributed by atoms with Crippen molar-refractivity contribution in [2.24, 2.45) is 0 Å². The molecule has 2 aliphatic rings. The second-order valence-electron chi connectivity index (χ2n) is 9.89. The Morgan fingerprint density at radius 3 is 2.38 bits per heavy atom. The van der Waals surface area contributed by atoms with Crippen LogP contribution in [0.2, 0.25) is 0 Å². The molecule has 1 fully saturated rings. The molecule has 7 nitrogen and oxygen atoms in total. The fraction of sp³-hybridized carbons (Fsp3) is 0.241. The van der Waals surface area contributed by atoms with Crippen molar-refractivity contribution in [2.75, 3.05) is 18.4 Å². The summed E-state index contributed by atoms with van der Waals surface area (Å²) >= 11 is 0. The Hall–Kier alpha value is -4.47. The van der Waals surface area contributed by atoms with Crippen LogP contribution in [0.5, 0.6) is 0 Å². The SMILES string of the molecule is Cc1c(C(=O)N2CCC3(CC2)C(=O)Nc2ccccc23)nn(-c2ccc(C(F)(F)F)cc2)c1-c1cccnc1. The molecule has 0 unspecified atom stereocenters. The molecule has 0 radical (unpaired) electrons. The standard InChI is InChI=1S/C29H24F3N5O2/c1-18-24(26(38)36-15-12-28(13-16-36)22-6-2-3-7-23(22)34-27(28)39)35-37(25(18)19-5-4-14-33-17-19)21-10-8-20(9-11-21)29(30,31)32/h2-11,14,17H,12-13,15-16H2,1H3,(H,34,39). The number of hydrogen-bond donors (Lipinski definition) is 1. The lowest BCUT2D eigenvalue weighted by molar-refractivity contribution is -0.137. The van der Waals surface area contributed by atoms with Crippen LogP contribution >= 0.6 is 0 Å². The summed E-state index contributed by atoms with van der Waals surface area (Å²) in [5.74, 6) is -0.331. The fourth-order valence-corrected chi connectivity index (χ4v) is 5.63. The van der Waals surface area contributed by atoms with Gasteiger partial charge < -0.3 is 10.2 Å². The van der Waals surface area contributed by atoms with E-state index in [1.54, 1.807) is 30.3 Å². The number of anilines is 1. The van der Waals surface area contributed by atoms with Crippen molar-refractivity contribution in [3.8, 4) is 16.9 Å². The minimum absolute atomic E-state index is 0.0441. The average molecular weight is 532 g/mol. The maximum atomic E-state index is 13.7. The van der Waals surface area contributed by atoms with Crippen LogP contribution in [0.3, 0.4) is 0 Å². The van der Waals surface area contributed by atoms with Gasteiger partial charge in [-0.25, -0.2) is 4.68 Å². The fourth-order valence-electron chi connectivity index (χ4n) is 5.63. The lowest BCUT2D eigenvalue weighted by Gasteiger charge is -2.37. The summed E-state index contributed by atoms with van der Waals surface area (Å²) in [5, 5.41) is 7.57. The van der Waals surface area contributed by atoms with Crippen molar-refractivity contribution in [1.82, 2.24) is 19.7 Å². The van der Waals surface area contributed by atoms with Crippen molar-refractivity contribution in [1.29, 1.82) is 0 Å². The van der Waals surface area contributed by atoms with Gasteiger partial charge in [0, 0.05) is 42.3 Å². The van der Waals surface area contributed by atoms with Gasteiger partial charge in [0.25, 0.3) is 5.91 Å². The van der Waals surface area contributed by atoms with Crippen LogP contribution in [0.25, 0.3) is 16.9 Å². The van der Waals surface area contributed by atoms with Crippen LogP contribution in [-0.4, -0.2) is 44.6 Å². The second kappa shape index (κ2) is 9.07. The quantitative estimate of drug-likeness (QED) is 0.385. The van der Waals surface area contributed by atoms with Gasteiger partial charge >= 0.3 is 6.18 Å². The van der Waals surface area contributed by atoms with Crippen molar-refractivity contribution in [2.45, 2.75) is 31.4 Å². The van der Waals surface area contributed by atoms with Gasteiger partial charge in [-0.05, 0) is 67.8 Å². The van der Waals surface area contributed by atoms with Crippen molar-refractivity contribution in [3.63, 3.8) is 0 Å². The number of alkyl halides is 3. The topological polar surface area (TPSA) is 80.1 Å². The zero-order chi connectivity index (χ0) is 27.4. The lowest BCUT2D eigenvalue weighted by Crippen LogP contribution is -2.48. The lowest BCUT2D eigenvalue weighted by atomic mass is 9.73. The molecule has 0 saturated carbocycles. The Kier molecular flexibility index (Phi) is 5.78. The molecule has 2 aromatic heterocycles.